The molecule has 45 heavy (non-hydrogen) atoms. The van der Waals surface area contributed by atoms with Gasteiger partial charge in [0.25, 0.3) is 10.0 Å². The average Bonchev–Trinajstić information content (AvgIpc) is 3.03. The maximum atomic E-state index is 14.4. The summed E-state index contributed by atoms with van der Waals surface area (Å²) in [5, 5.41) is 3.24. The van der Waals surface area contributed by atoms with Gasteiger partial charge in [-0.25, -0.2) is 12.8 Å². The number of hydrogen-bond acceptors (Lipinski definition) is 4. The highest BCUT2D eigenvalue weighted by Gasteiger charge is 2.34. The highest BCUT2D eigenvalue weighted by atomic mass is 35.5. The van der Waals surface area contributed by atoms with E-state index >= 15 is 0 Å². The summed E-state index contributed by atoms with van der Waals surface area (Å²) in [6.07, 6.45) is 0.872. The number of nitrogens with zero attached hydrogens (tertiary/aromatic N) is 2. The summed E-state index contributed by atoms with van der Waals surface area (Å²) in [6, 6.07) is 25.1. The van der Waals surface area contributed by atoms with Crippen LogP contribution in [0.2, 0.25) is 5.02 Å². The average molecular weight is 650 g/mol. The summed E-state index contributed by atoms with van der Waals surface area (Å²) < 4.78 is 43.1. The zero-order valence-corrected chi connectivity index (χ0v) is 27.1. The summed E-state index contributed by atoms with van der Waals surface area (Å²) in [5.74, 6) is -1.42. The number of anilines is 1. The van der Waals surface area contributed by atoms with Gasteiger partial charge >= 0.3 is 0 Å². The van der Waals surface area contributed by atoms with Crippen LogP contribution in [0.15, 0.2) is 102 Å². The van der Waals surface area contributed by atoms with Crippen LogP contribution in [0.4, 0.5) is 10.1 Å². The normalized spacial score (nSPS) is 11.9. The van der Waals surface area contributed by atoms with Crippen LogP contribution in [0, 0.1) is 19.7 Å². The molecule has 0 aliphatic carbocycles. The zero-order chi connectivity index (χ0) is 32.6. The third-order valence-electron chi connectivity index (χ3n) is 7.42. The molecule has 0 spiro atoms. The third-order valence-corrected chi connectivity index (χ3v) is 9.61. The van der Waals surface area contributed by atoms with Crippen molar-refractivity contribution < 1.29 is 22.4 Å². The Morgan fingerprint density at radius 3 is 2.18 bits per heavy atom. The number of sulfonamides is 1. The standard InChI is InChI=1S/C35H37ClFN3O4S/c1-4-20-38-35(42)33(21-27-8-6-5-7-9-27)39(23-28-13-15-29(37)16-14-28)34(41)24-40(30-17-12-26(3)32(36)22-30)45(43,44)31-18-10-25(2)11-19-31/h5-19,22,33H,4,20-21,23-24H2,1-3H3,(H,38,42)/t33-/m1/s1. The number of carbonyl (C=O) groups is 2. The molecule has 4 aromatic carbocycles. The highest BCUT2D eigenvalue weighted by molar-refractivity contribution is 7.92. The Labute approximate surface area is 269 Å². The van der Waals surface area contributed by atoms with Crippen molar-refractivity contribution in [2.45, 2.75) is 51.1 Å². The second kappa shape index (κ2) is 15.2. The van der Waals surface area contributed by atoms with Crippen molar-refractivity contribution in [3.63, 3.8) is 0 Å². The van der Waals surface area contributed by atoms with Crippen LogP contribution in [0.1, 0.15) is 35.6 Å². The summed E-state index contributed by atoms with van der Waals surface area (Å²) in [6.45, 7) is 5.31. The SMILES string of the molecule is CCCNC(=O)[C@@H](Cc1ccccc1)N(Cc1ccc(F)cc1)C(=O)CN(c1ccc(C)c(Cl)c1)S(=O)(=O)c1ccc(C)cc1. The topological polar surface area (TPSA) is 86.8 Å². The maximum absolute atomic E-state index is 14.4. The van der Waals surface area contributed by atoms with E-state index in [-0.39, 0.29) is 29.5 Å². The van der Waals surface area contributed by atoms with Gasteiger partial charge in [0.2, 0.25) is 11.8 Å². The van der Waals surface area contributed by atoms with E-state index in [1.54, 1.807) is 43.3 Å². The van der Waals surface area contributed by atoms with Gasteiger partial charge in [-0.15, -0.1) is 0 Å². The summed E-state index contributed by atoms with van der Waals surface area (Å²) in [5.41, 5.74) is 3.23. The fourth-order valence-corrected chi connectivity index (χ4v) is 6.39. The van der Waals surface area contributed by atoms with Crippen molar-refractivity contribution >= 4 is 39.1 Å². The number of benzene rings is 4. The van der Waals surface area contributed by atoms with Crippen LogP contribution in [0.3, 0.4) is 0 Å². The number of hydrogen-bond donors (Lipinski definition) is 1. The van der Waals surface area contributed by atoms with E-state index in [0.717, 1.165) is 21.0 Å². The minimum absolute atomic E-state index is 0.00389. The molecule has 236 valence electrons. The lowest BCUT2D eigenvalue weighted by atomic mass is 10.0. The molecule has 0 aliphatic heterocycles. The zero-order valence-electron chi connectivity index (χ0n) is 25.5. The first-order valence-electron chi connectivity index (χ1n) is 14.7. The van der Waals surface area contributed by atoms with E-state index in [9.17, 15) is 22.4 Å². The van der Waals surface area contributed by atoms with E-state index < -0.39 is 34.3 Å². The van der Waals surface area contributed by atoms with Crippen molar-refractivity contribution in [3.8, 4) is 0 Å². The molecule has 0 aromatic heterocycles. The first kappa shape index (κ1) is 33.7. The fourth-order valence-electron chi connectivity index (χ4n) is 4.81. The van der Waals surface area contributed by atoms with E-state index in [0.29, 0.717) is 23.6 Å². The quantitative estimate of drug-likeness (QED) is 0.180. The van der Waals surface area contributed by atoms with E-state index in [4.69, 9.17) is 11.6 Å². The molecule has 0 bridgehead atoms. The van der Waals surface area contributed by atoms with Crippen LogP contribution in [-0.4, -0.2) is 44.3 Å². The van der Waals surface area contributed by atoms with Gasteiger partial charge in [0.15, 0.2) is 0 Å². The lowest BCUT2D eigenvalue weighted by molar-refractivity contribution is -0.140. The molecular weight excluding hydrogens is 613 g/mol. The van der Waals surface area contributed by atoms with Crippen LogP contribution in [0.25, 0.3) is 0 Å². The van der Waals surface area contributed by atoms with Gasteiger partial charge in [0.05, 0.1) is 10.6 Å². The number of rotatable bonds is 13. The van der Waals surface area contributed by atoms with E-state index in [1.165, 1.54) is 35.2 Å². The van der Waals surface area contributed by atoms with Crippen molar-refractivity contribution in [3.05, 3.63) is 130 Å². The number of amides is 2. The molecule has 0 radical (unpaired) electrons. The second-order valence-corrected chi connectivity index (χ2v) is 13.2. The fraction of sp³-hybridized carbons (Fsp3) is 0.257. The molecule has 7 nitrogen and oxygen atoms in total. The second-order valence-electron chi connectivity index (χ2n) is 10.9. The number of carbonyl (C=O) groups excluding carboxylic acids is 2. The van der Waals surface area contributed by atoms with Gasteiger partial charge in [-0.2, -0.15) is 0 Å². The van der Waals surface area contributed by atoms with Gasteiger partial charge in [-0.1, -0.05) is 84.8 Å². The van der Waals surface area contributed by atoms with Gasteiger partial charge in [0, 0.05) is 24.5 Å². The smallest absolute Gasteiger partial charge is 0.264 e. The molecule has 0 aliphatic rings. The largest absolute Gasteiger partial charge is 0.354 e. The van der Waals surface area contributed by atoms with Crippen molar-refractivity contribution in [2.24, 2.45) is 0 Å². The first-order valence-corrected chi connectivity index (χ1v) is 16.5. The molecule has 2 amide bonds. The highest BCUT2D eigenvalue weighted by Crippen LogP contribution is 2.29. The van der Waals surface area contributed by atoms with Crippen LogP contribution in [-0.2, 0) is 32.6 Å². The maximum Gasteiger partial charge on any atom is 0.264 e. The predicted molar refractivity (Wildman–Crippen MR) is 176 cm³/mol. The summed E-state index contributed by atoms with van der Waals surface area (Å²) in [4.78, 5) is 29.5. The van der Waals surface area contributed by atoms with Crippen LogP contribution < -0.4 is 9.62 Å². The Bertz CT molecular complexity index is 1720. The number of nitrogens with one attached hydrogen (secondary N) is 1. The Kier molecular flexibility index (Phi) is 11.4. The molecule has 4 aromatic rings. The predicted octanol–water partition coefficient (Wildman–Crippen LogP) is 6.46. The molecule has 4 rings (SSSR count). The molecule has 0 saturated heterocycles. The molecule has 0 saturated carbocycles. The minimum atomic E-state index is -4.25. The molecule has 0 fully saturated rings. The van der Waals surface area contributed by atoms with Crippen LogP contribution >= 0.6 is 11.6 Å². The van der Waals surface area contributed by atoms with Crippen molar-refractivity contribution in [1.82, 2.24) is 10.2 Å². The molecule has 1 atom stereocenters. The Morgan fingerprint density at radius 2 is 1.56 bits per heavy atom. The van der Waals surface area contributed by atoms with Crippen molar-refractivity contribution in [1.29, 1.82) is 0 Å². The minimum Gasteiger partial charge on any atom is -0.354 e. The molecule has 0 heterocycles. The summed E-state index contributed by atoms with van der Waals surface area (Å²) >= 11 is 6.42. The monoisotopic (exact) mass is 649 g/mol. The van der Waals surface area contributed by atoms with Crippen LogP contribution in [0.5, 0.6) is 0 Å². The molecular formula is C35H37ClFN3O4S. The van der Waals surface area contributed by atoms with Gasteiger partial charge in [-0.05, 0) is 73.4 Å². The lowest BCUT2D eigenvalue weighted by Crippen LogP contribution is -2.53. The lowest BCUT2D eigenvalue weighted by Gasteiger charge is -2.34. The third kappa shape index (κ3) is 8.71. The van der Waals surface area contributed by atoms with E-state index in [2.05, 4.69) is 5.32 Å². The van der Waals surface area contributed by atoms with Gasteiger partial charge in [-0.3, -0.25) is 13.9 Å². The van der Waals surface area contributed by atoms with E-state index in [1.807, 2.05) is 44.2 Å². The Morgan fingerprint density at radius 1 is 0.889 bits per heavy atom. The molecule has 1 N–H and O–H groups in total. The Hall–Kier alpha value is -4.21. The molecule has 10 heteroatoms. The molecule has 0 unspecified atom stereocenters. The van der Waals surface area contributed by atoms with Gasteiger partial charge in [0.1, 0.15) is 18.4 Å². The van der Waals surface area contributed by atoms with Crippen molar-refractivity contribution in [2.75, 3.05) is 17.4 Å². The van der Waals surface area contributed by atoms with Gasteiger partial charge < -0.3 is 10.2 Å². The first-order chi connectivity index (χ1) is 21.5. The number of aryl methyl sites for hydroxylation is 2. The number of halogens is 2. The Balaban J connectivity index is 1.81. The summed E-state index contributed by atoms with van der Waals surface area (Å²) in [7, 11) is -4.25.